The van der Waals surface area contributed by atoms with Gasteiger partial charge in [0.15, 0.2) is 0 Å². The quantitative estimate of drug-likeness (QED) is 0.723. The third kappa shape index (κ3) is 3.66. The van der Waals surface area contributed by atoms with E-state index in [1.165, 1.54) is 10.5 Å². The second-order valence-electron chi connectivity index (χ2n) is 8.90. The van der Waals surface area contributed by atoms with Crippen LogP contribution in [0.5, 0.6) is 0 Å². The number of fused-ring (bicyclic) bond motifs is 2. The molecule has 4 amide bonds. The zero-order chi connectivity index (χ0) is 22.4. The number of nitrogens with zero attached hydrogens (tertiary/aromatic N) is 2. The number of carbonyl (C=O) groups is 4. The highest BCUT2D eigenvalue weighted by Gasteiger charge is 2.39. The Morgan fingerprint density at radius 3 is 2.78 bits per heavy atom. The van der Waals surface area contributed by atoms with Gasteiger partial charge in [-0.05, 0) is 67.0 Å². The average molecular weight is 432 g/mol. The predicted molar refractivity (Wildman–Crippen MR) is 116 cm³/mol. The predicted octanol–water partition coefficient (Wildman–Crippen LogP) is 2.22. The minimum atomic E-state index is -0.672. The number of hydrogen-bond acceptors (Lipinski definition) is 5. The molecule has 1 aromatic carbocycles. The van der Waals surface area contributed by atoms with E-state index in [0.29, 0.717) is 34.7 Å². The van der Waals surface area contributed by atoms with Crippen molar-refractivity contribution in [2.75, 3.05) is 5.32 Å². The summed E-state index contributed by atoms with van der Waals surface area (Å²) in [6.45, 7) is 2.46. The molecule has 1 fully saturated rings. The van der Waals surface area contributed by atoms with Crippen molar-refractivity contribution in [1.29, 1.82) is 0 Å². The van der Waals surface area contributed by atoms with E-state index in [2.05, 4.69) is 22.5 Å². The molecule has 1 aromatic heterocycles. The molecular formula is C24H24N4O4. The van der Waals surface area contributed by atoms with Crippen molar-refractivity contribution in [1.82, 2.24) is 15.2 Å². The van der Waals surface area contributed by atoms with E-state index in [1.807, 2.05) is 6.07 Å². The van der Waals surface area contributed by atoms with Gasteiger partial charge in [0.2, 0.25) is 11.8 Å². The molecule has 8 nitrogen and oxygen atoms in total. The van der Waals surface area contributed by atoms with Crippen LogP contribution in [0.25, 0.3) is 0 Å². The normalized spacial score (nSPS) is 22.3. The molecule has 164 valence electrons. The maximum atomic E-state index is 12.9. The first-order chi connectivity index (χ1) is 15.4. The Labute approximate surface area is 185 Å². The third-order valence-electron chi connectivity index (χ3n) is 6.55. The van der Waals surface area contributed by atoms with E-state index >= 15 is 0 Å². The van der Waals surface area contributed by atoms with Crippen molar-refractivity contribution in [3.05, 3.63) is 58.4 Å². The van der Waals surface area contributed by atoms with E-state index < -0.39 is 11.9 Å². The molecule has 2 aliphatic heterocycles. The maximum absolute atomic E-state index is 12.9. The summed E-state index contributed by atoms with van der Waals surface area (Å²) < 4.78 is 0. The van der Waals surface area contributed by atoms with Crippen LogP contribution in [0.2, 0.25) is 0 Å². The zero-order valence-corrected chi connectivity index (χ0v) is 17.8. The van der Waals surface area contributed by atoms with Crippen LogP contribution in [0, 0.1) is 5.92 Å². The second kappa shape index (κ2) is 7.85. The van der Waals surface area contributed by atoms with Gasteiger partial charge in [-0.15, -0.1) is 0 Å². The van der Waals surface area contributed by atoms with Crippen molar-refractivity contribution in [2.24, 2.45) is 5.92 Å². The van der Waals surface area contributed by atoms with Gasteiger partial charge in [0.05, 0.1) is 11.9 Å². The molecule has 32 heavy (non-hydrogen) atoms. The lowest BCUT2D eigenvalue weighted by atomic mass is 9.88. The molecule has 0 saturated carbocycles. The van der Waals surface area contributed by atoms with Crippen molar-refractivity contribution in [3.63, 3.8) is 0 Å². The van der Waals surface area contributed by atoms with Gasteiger partial charge in [0.25, 0.3) is 11.8 Å². The number of piperidine rings is 1. The number of rotatable bonds is 3. The largest absolute Gasteiger partial charge is 0.322 e. The monoisotopic (exact) mass is 432 g/mol. The minimum absolute atomic E-state index is 0.206. The topological polar surface area (TPSA) is 108 Å². The summed E-state index contributed by atoms with van der Waals surface area (Å²) in [5, 5.41) is 5.20. The van der Waals surface area contributed by atoms with E-state index in [4.69, 9.17) is 0 Å². The van der Waals surface area contributed by atoms with Crippen LogP contribution in [0.1, 0.15) is 63.7 Å². The smallest absolute Gasteiger partial charge is 0.255 e. The molecule has 2 aromatic rings. The van der Waals surface area contributed by atoms with E-state index in [9.17, 15) is 19.2 Å². The van der Waals surface area contributed by atoms with E-state index in [1.54, 1.807) is 24.4 Å². The van der Waals surface area contributed by atoms with Crippen LogP contribution in [0.4, 0.5) is 5.69 Å². The number of imide groups is 1. The molecule has 2 unspecified atom stereocenters. The Balaban J connectivity index is 1.32. The number of carbonyl (C=O) groups excluding carboxylic acids is 4. The Hall–Kier alpha value is -3.55. The highest BCUT2D eigenvalue weighted by Crippen LogP contribution is 2.29. The lowest BCUT2D eigenvalue weighted by molar-refractivity contribution is -0.136. The van der Waals surface area contributed by atoms with Gasteiger partial charge in [0, 0.05) is 29.8 Å². The summed E-state index contributed by atoms with van der Waals surface area (Å²) in [5.41, 5.74) is 4.56. The lowest BCUT2D eigenvalue weighted by Crippen LogP contribution is -2.52. The van der Waals surface area contributed by atoms with Crippen LogP contribution >= 0.6 is 0 Å². The molecule has 1 saturated heterocycles. The number of aryl methyl sites for hydroxylation is 1. The number of amides is 4. The van der Waals surface area contributed by atoms with Crippen LogP contribution in [-0.2, 0) is 29.0 Å². The van der Waals surface area contributed by atoms with Gasteiger partial charge < -0.3 is 10.2 Å². The highest BCUT2D eigenvalue weighted by molar-refractivity contribution is 6.08. The van der Waals surface area contributed by atoms with E-state index in [0.717, 1.165) is 25.0 Å². The molecule has 1 aliphatic carbocycles. The average Bonchev–Trinajstić information content (AvgIpc) is 3.09. The summed E-state index contributed by atoms with van der Waals surface area (Å²) in [6, 6.07) is 6.27. The molecule has 2 atom stereocenters. The minimum Gasteiger partial charge on any atom is -0.322 e. The summed E-state index contributed by atoms with van der Waals surface area (Å²) >= 11 is 0. The number of benzene rings is 1. The van der Waals surface area contributed by atoms with Gasteiger partial charge in [-0.3, -0.25) is 29.5 Å². The Bertz CT molecular complexity index is 1160. The number of pyridine rings is 1. The Morgan fingerprint density at radius 1 is 1.12 bits per heavy atom. The molecule has 2 N–H and O–H groups in total. The third-order valence-corrected chi connectivity index (χ3v) is 6.55. The van der Waals surface area contributed by atoms with Crippen molar-refractivity contribution >= 4 is 29.3 Å². The summed E-state index contributed by atoms with van der Waals surface area (Å²) in [7, 11) is 0. The summed E-state index contributed by atoms with van der Waals surface area (Å²) in [6.07, 6.45) is 5.26. The van der Waals surface area contributed by atoms with Gasteiger partial charge in [-0.25, -0.2) is 0 Å². The first-order valence-electron chi connectivity index (χ1n) is 11.0. The van der Waals surface area contributed by atoms with Gasteiger partial charge in [-0.1, -0.05) is 6.92 Å². The Kier molecular flexibility index (Phi) is 5.00. The fourth-order valence-corrected chi connectivity index (χ4v) is 4.79. The maximum Gasteiger partial charge on any atom is 0.255 e. The molecular weight excluding hydrogens is 408 g/mol. The fraction of sp³-hybridized carbons (Fsp3) is 0.375. The van der Waals surface area contributed by atoms with Crippen LogP contribution in [-0.4, -0.2) is 39.6 Å². The number of nitrogens with one attached hydrogen (secondary N) is 2. The first-order valence-corrected chi connectivity index (χ1v) is 11.0. The molecule has 3 heterocycles. The molecule has 0 radical (unpaired) electrons. The molecule has 8 heteroatoms. The van der Waals surface area contributed by atoms with Crippen LogP contribution < -0.4 is 10.6 Å². The highest BCUT2D eigenvalue weighted by atomic mass is 16.2. The zero-order valence-electron chi connectivity index (χ0n) is 17.8. The summed E-state index contributed by atoms with van der Waals surface area (Å²) in [5.74, 6) is -0.688. The standard InChI is InChI=1S/C24H24N4O4/c1-13-2-5-19-15(8-13)10-17(11-25-19)26-22(30)14-3-4-18-16(9-14)12-28(24(18)32)20-6-7-21(29)27-23(20)31/h3-4,9-11,13,20H,2,5-8,12H2,1H3,(H,26,30)(H,27,29,31). The molecule has 0 bridgehead atoms. The first kappa shape index (κ1) is 20.4. The number of aromatic nitrogens is 1. The van der Waals surface area contributed by atoms with Crippen molar-refractivity contribution in [2.45, 2.75) is 51.6 Å². The van der Waals surface area contributed by atoms with Crippen LogP contribution in [0.15, 0.2) is 30.5 Å². The molecule has 3 aliphatic rings. The fourth-order valence-electron chi connectivity index (χ4n) is 4.79. The van der Waals surface area contributed by atoms with Crippen molar-refractivity contribution < 1.29 is 19.2 Å². The van der Waals surface area contributed by atoms with Gasteiger partial charge in [0.1, 0.15) is 6.04 Å². The molecule has 5 rings (SSSR count). The molecule has 0 spiro atoms. The Morgan fingerprint density at radius 2 is 1.97 bits per heavy atom. The van der Waals surface area contributed by atoms with Gasteiger partial charge >= 0.3 is 0 Å². The van der Waals surface area contributed by atoms with Gasteiger partial charge in [-0.2, -0.15) is 0 Å². The van der Waals surface area contributed by atoms with Crippen molar-refractivity contribution in [3.8, 4) is 0 Å². The second-order valence-corrected chi connectivity index (χ2v) is 8.90. The number of hydrogen-bond donors (Lipinski definition) is 2. The number of anilines is 1. The summed E-state index contributed by atoms with van der Waals surface area (Å²) in [4.78, 5) is 55.3. The SMILES string of the molecule is CC1CCc2ncc(NC(=O)c3ccc4c(c3)CN(C3CCC(=O)NC3=O)C4=O)cc2C1. The van der Waals surface area contributed by atoms with E-state index in [-0.39, 0.29) is 30.7 Å². The lowest BCUT2D eigenvalue weighted by Gasteiger charge is -2.29. The van der Waals surface area contributed by atoms with Crippen LogP contribution in [0.3, 0.4) is 0 Å².